The van der Waals surface area contributed by atoms with Gasteiger partial charge in [0.25, 0.3) is 5.91 Å². The van der Waals surface area contributed by atoms with E-state index in [9.17, 15) is 19.5 Å². The summed E-state index contributed by atoms with van der Waals surface area (Å²) < 4.78 is 5.82. The summed E-state index contributed by atoms with van der Waals surface area (Å²) in [5, 5.41) is 13.6. The van der Waals surface area contributed by atoms with Crippen molar-refractivity contribution in [3.8, 4) is 0 Å². The molecule has 8 nitrogen and oxygen atoms in total. The fourth-order valence-corrected chi connectivity index (χ4v) is 3.06. The molecule has 2 rings (SSSR count). The Hall–Kier alpha value is -2.49. The number of carbonyl (C=O) groups is 2. The van der Waals surface area contributed by atoms with Crippen LogP contribution >= 0.6 is 22.9 Å². The Balaban J connectivity index is 2.03. The highest BCUT2D eigenvalue weighted by Crippen LogP contribution is 2.17. The van der Waals surface area contributed by atoms with Gasteiger partial charge in [0.2, 0.25) is 0 Å². The van der Waals surface area contributed by atoms with Crippen molar-refractivity contribution in [1.29, 1.82) is 0 Å². The molecule has 1 aromatic heterocycles. The lowest BCUT2D eigenvalue weighted by Crippen LogP contribution is -2.25. The Bertz CT molecular complexity index is 863. The molecule has 138 valence electrons. The maximum Gasteiger partial charge on any atom is 0.326 e. The van der Waals surface area contributed by atoms with E-state index in [1.807, 2.05) is 0 Å². The second kappa shape index (κ2) is 9.27. The first-order chi connectivity index (χ1) is 12.4. The quantitative estimate of drug-likeness (QED) is 0.416. The number of esters is 1. The van der Waals surface area contributed by atoms with Crippen LogP contribution in [0, 0.1) is 0 Å². The fourth-order valence-electron chi connectivity index (χ4n) is 1.96. The zero-order valence-corrected chi connectivity index (χ0v) is 15.3. The largest absolute Gasteiger partial charge is 0.465 e. The van der Waals surface area contributed by atoms with Gasteiger partial charge in [0.1, 0.15) is 11.7 Å². The number of ether oxygens (including phenoxy) is 1. The molecule has 1 amide bonds. The fraction of sp³-hybridized carbons (Fsp3) is 0.250. The lowest BCUT2D eigenvalue weighted by Gasteiger charge is -2.08. The molecule has 10 heteroatoms. The van der Waals surface area contributed by atoms with E-state index >= 15 is 0 Å². The summed E-state index contributed by atoms with van der Waals surface area (Å²) >= 11 is 6.82. The number of benzene rings is 1. The number of nitrogens with zero attached hydrogens (tertiary/aromatic N) is 2. The van der Waals surface area contributed by atoms with E-state index in [0.717, 1.165) is 15.9 Å². The molecular formula is C16H16ClN3O5S. The van der Waals surface area contributed by atoms with Crippen LogP contribution in [0.3, 0.4) is 0 Å². The van der Waals surface area contributed by atoms with E-state index in [1.54, 1.807) is 37.3 Å². The standard InChI is InChI=1S/C16H16ClN3O5S/c1-2-25-12(21)9-20-14(17)11(26-16(20)24)8-18-19-15(23)13(22)10-6-4-3-5-7-10/h3-8,13,22H,2,9H2,1H3,(H,19,23)/b18-8+. The van der Waals surface area contributed by atoms with E-state index in [0.29, 0.717) is 5.56 Å². The molecule has 0 saturated heterocycles. The zero-order valence-electron chi connectivity index (χ0n) is 13.7. The first-order valence-electron chi connectivity index (χ1n) is 7.54. The highest BCUT2D eigenvalue weighted by atomic mass is 35.5. The summed E-state index contributed by atoms with van der Waals surface area (Å²) in [6, 6.07) is 8.35. The molecule has 2 aromatic rings. The molecular weight excluding hydrogens is 382 g/mol. The number of hydrogen-bond acceptors (Lipinski definition) is 7. The molecule has 1 heterocycles. The van der Waals surface area contributed by atoms with E-state index in [4.69, 9.17) is 16.3 Å². The zero-order chi connectivity index (χ0) is 19.1. The molecule has 0 bridgehead atoms. The van der Waals surface area contributed by atoms with Crippen LogP contribution in [0.25, 0.3) is 0 Å². The Morgan fingerprint density at radius 1 is 1.42 bits per heavy atom. The first-order valence-corrected chi connectivity index (χ1v) is 8.74. The van der Waals surface area contributed by atoms with Crippen molar-refractivity contribution in [2.45, 2.75) is 19.6 Å². The van der Waals surface area contributed by atoms with Gasteiger partial charge in [0, 0.05) is 0 Å². The first kappa shape index (κ1) is 19.8. The lowest BCUT2D eigenvalue weighted by molar-refractivity contribution is -0.143. The third-order valence-corrected chi connectivity index (χ3v) is 4.60. The van der Waals surface area contributed by atoms with Crippen LogP contribution in [0.15, 0.2) is 40.2 Å². The number of aliphatic hydroxyl groups excluding tert-OH is 1. The van der Waals surface area contributed by atoms with Gasteiger partial charge in [0.15, 0.2) is 6.10 Å². The van der Waals surface area contributed by atoms with Gasteiger partial charge in [-0.15, -0.1) is 0 Å². The van der Waals surface area contributed by atoms with E-state index < -0.39 is 22.9 Å². The topological polar surface area (TPSA) is 110 Å². The summed E-state index contributed by atoms with van der Waals surface area (Å²) in [5.41, 5.74) is 2.59. The SMILES string of the molecule is CCOC(=O)Cn1c(Cl)c(/C=N/NC(=O)C(O)c2ccccc2)sc1=O. The van der Waals surface area contributed by atoms with Gasteiger partial charge in [-0.05, 0) is 12.5 Å². The Kier molecular flexibility index (Phi) is 7.07. The van der Waals surface area contributed by atoms with Crippen LogP contribution in [-0.4, -0.2) is 34.4 Å². The highest BCUT2D eigenvalue weighted by molar-refractivity contribution is 7.11. The highest BCUT2D eigenvalue weighted by Gasteiger charge is 2.17. The van der Waals surface area contributed by atoms with E-state index in [-0.39, 0.29) is 23.2 Å². The number of carbonyl (C=O) groups excluding carboxylic acids is 2. The van der Waals surface area contributed by atoms with Crippen molar-refractivity contribution < 1.29 is 19.4 Å². The number of halogens is 1. The predicted molar refractivity (Wildman–Crippen MR) is 97.4 cm³/mol. The number of nitrogens with one attached hydrogen (secondary N) is 1. The average molecular weight is 398 g/mol. The molecule has 1 unspecified atom stereocenters. The Labute approximate surface area is 157 Å². The van der Waals surface area contributed by atoms with Crippen molar-refractivity contribution >= 4 is 41.0 Å². The summed E-state index contributed by atoms with van der Waals surface area (Å²) in [5.74, 6) is -1.32. The maximum atomic E-state index is 11.9. The van der Waals surface area contributed by atoms with Crippen molar-refractivity contribution in [2.75, 3.05) is 6.61 Å². The van der Waals surface area contributed by atoms with Gasteiger partial charge in [-0.25, -0.2) is 5.43 Å². The molecule has 26 heavy (non-hydrogen) atoms. The Morgan fingerprint density at radius 2 is 2.12 bits per heavy atom. The van der Waals surface area contributed by atoms with Crippen LogP contribution in [-0.2, 0) is 20.9 Å². The summed E-state index contributed by atoms with van der Waals surface area (Å²) in [7, 11) is 0. The molecule has 0 radical (unpaired) electrons. The minimum atomic E-state index is -1.38. The number of rotatable bonds is 7. The predicted octanol–water partition coefficient (Wildman–Crippen LogP) is 1.31. The third-order valence-electron chi connectivity index (χ3n) is 3.17. The summed E-state index contributed by atoms with van der Waals surface area (Å²) in [6.45, 7) is 1.54. The smallest absolute Gasteiger partial charge is 0.326 e. The maximum absolute atomic E-state index is 11.9. The van der Waals surface area contributed by atoms with Crippen molar-refractivity contribution in [1.82, 2.24) is 9.99 Å². The number of hydrazone groups is 1. The molecule has 0 aliphatic heterocycles. The minimum absolute atomic E-state index is 0.00894. The Morgan fingerprint density at radius 3 is 2.77 bits per heavy atom. The number of aromatic nitrogens is 1. The van der Waals surface area contributed by atoms with Crippen LogP contribution in [0.5, 0.6) is 0 Å². The van der Waals surface area contributed by atoms with Gasteiger partial charge in [-0.2, -0.15) is 5.10 Å². The molecule has 0 fully saturated rings. The second-order valence-corrected chi connectivity index (χ2v) is 6.31. The lowest BCUT2D eigenvalue weighted by atomic mass is 10.1. The van der Waals surface area contributed by atoms with Gasteiger partial charge >= 0.3 is 10.8 Å². The van der Waals surface area contributed by atoms with Crippen LogP contribution in [0.2, 0.25) is 5.15 Å². The minimum Gasteiger partial charge on any atom is -0.465 e. The molecule has 0 spiro atoms. The number of thiazole rings is 1. The molecule has 1 atom stereocenters. The van der Waals surface area contributed by atoms with Gasteiger partial charge in [-0.3, -0.25) is 19.0 Å². The molecule has 2 N–H and O–H groups in total. The van der Waals surface area contributed by atoms with Crippen LogP contribution in [0.1, 0.15) is 23.5 Å². The van der Waals surface area contributed by atoms with Crippen molar-refractivity contribution in [3.05, 3.63) is 55.6 Å². The monoisotopic (exact) mass is 397 g/mol. The van der Waals surface area contributed by atoms with Gasteiger partial charge in [0.05, 0.1) is 17.7 Å². The number of amides is 1. The molecule has 0 aliphatic rings. The van der Waals surface area contributed by atoms with Crippen molar-refractivity contribution in [3.63, 3.8) is 0 Å². The van der Waals surface area contributed by atoms with Gasteiger partial charge in [-0.1, -0.05) is 53.3 Å². The number of hydrogen-bond donors (Lipinski definition) is 2. The normalized spacial score (nSPS) is 12.1. The second-order valence-electron chi connectivity index (χ2n) is 4.96. The third kappa shape index (κ3) is 5.01. The van der Waals surface area contributed by atoms with E-state index in [2.05, 4.69) is 10.5 Å². The molecule has 0 saturated carbocycles. The number of aliphatic hydroxyl groups is 1. The molecule has 1 aromatic carbocycles. The van der Waals surface area contributed by atoms with Crippen LogP contribution < -0.4 is 10.3 Å². The van der Waals surface area contributed by atoms with E-state index in [1.165, 1.54) is 6.21 Å². The summed E-state index contributed by atoms with van der Waals surface area (Å²) in [4.78, 5) is 35.1. The van der Waals surface area contributed by atoms with Gasteiger partial charge < -0.3 is 9.84 Å². The molecule has 0 aliphatic carbocycles. The average Bonchev–Trinajstić information content (AvgIpc) is 2.89. The van der Waals surface area contributed by atoms with Crippen LogP contribution in [0.4, 0.5) is 0 Å². The van der Waals surface area contributed by atoms with Crippen molar-refractivity contribution in [2.24, 2.45) is 5.10 Å². The summed E-state index contributed by atoms with van der Waals surface area (Å²) in [6.07, 6.45) is -0.206.